The summed E-state index contributed by atoms with van der Waals surface area (Å²) in [5.41, 5.74) is 2.72. The van der Waals surface area contributed by atoms with Gasteiger partial charge in [-0.15, -0.1) is 0 Å². The first-order chi connectivity index (χ1) is 9.22. The summed E-state index contributed by atoms with van der Waals surface area (Å²) in [5.74, 6) is 0. The van der Waals surface area contributed by atoms with Gasteiger partial charge in [0.25, 0.3) is 0 Å². The van der Waals surface area contributed by atoms with E-state index < -0.39 is 0 Å². The van der Waals surface area contributed by atoms with Crippen molar-refractivity contribution in [3.63, 3.8) is 0 Å². The molecule has 0 saturated heterocycles. The molecule has 0 radical (unpaired) electrons. The van der Waals surface area contributed by atoms with Gasteiger partial charge in [0, 0.05) is 32.8 Å². The molecule has 1 aromatic rings. The molecule has 0 unspecified atom stereocenters. The van der Waals surface area contributed by atoms with Crippen LogP contribution < -0.4 is 5.32 Å². The molecular weight excluding hydrogens is 236 g/mol. The Balaban J connectivity index is 2.06. The fraction of sp³-hybridized carbons (Fsp3) is 0.625. The topological polar surface area (TPSA) is 24.5 Å². The number of benzene rings is 1. The molecule has 0 fully saturated rings. The van der Waals surface area contributed by atoms with E-state index in [-0.39, 0.29) is 0 Å². The number of nitrogens with one attached hydrogen (secondary N) is 1. The number of hydrogen-bond acceptors (Lipinski definition) is 3. The van der Waals surface area contributed by atoms with Crippen molar-refractivity contribution in [2.45, 2.75) is 26.8 Å². The predicted molar refractivity (Wildman–Crippen MR) is 81.5 cm³/mol. The summed E-state index contributed by atoms with van der Waals surface area (Å²) in [6.07, 6.45) is 1.09. The lowest BCUT2D eigenvalue weighted by Gasteiger charge is -2.17. The molecule has 0 aliphatic rings. The number of aryl methyl sites for hydroxylation is 1. The van der Waals surface area contributed by atoms with Crippen molar-refractivity contribution >= 4 is 0 Å². The Morgan fingerprint density at radius 1 is 1.26 bits per heavy atom. The highest BCUT2D eigenvalue weighted by molar-refractivity contribution is 5.21. The van der Waals surface area contributed by atoms with Crippen LogP contribution in [0.1, 0.15) is 24.5 Å². The molecule has 1 rings (SSSR count). The summed E-state index contributed by atoms with van der Waals surface area (Å²) in [6.45, 7) is 10.0. The Labute approximate surface area is 118 Å². The second-order valence-corrected chi connectivity index (χ2v) is 5.03. The monoisotopic (exact) mass is 264 g/mol. The Morgan fingerprint density at radius 2 is 2.11 bits per heavy atom. The molecule has 3 nitrogen and oxygen atoms in total. The zero-order chi connectivity index (χ0) is 13.9. The maximum atomic E-state index is 5.30. The average Bonchev–Trinajstić information content (AvgIpc) is 2.37. The highest BCUT2D eigenvalue weighted by Gasteiger charge is 2.00. The SMILES string of the molecule is CCOCCCNCCN(C)Cc1cccc(C)c1. The van der Waals surface area contributed by atoms with Crippen LogP contribution in [0.3, 0.4) is 0 Å². The highest BCUT2D eigenvalue weighted by Crippen LogP contribution is 2.05. The van der Waals surface area contributed by atoms with Crippen molar-refractivity contribution in [2.24, 2.45) is 0 Å². The van der Waals surface area contributed by atoms with Gasteiger partial charge in [-0.25, -0.2) is 0 Å². The average molecular weight is 264 g/mol. The first-order valence-corrected chi connectivity index (χ1v) is 7.25. The molecule has 1 aromatic carbocycles. The van der Waals surface area contributed by atoms with Crippen LogP contribution in [0.15, 0.2) is 24.3 Å². The van der Waals surface area contributed by atoms with E-state index in [0.717, 1.165) is 45.8 Å². The van der Waals surface area contributed by atoms with E-state index in [1.165, 1.54) is 11.1 Å². The summed E-state index contributed by atoms with van der Waals surface area (Å²) >= 11 is 0. The van der Waals surface area contributed by atoms with Gasteiger partial charge < -0.3 is 15.0 Å². The van der Waals surface area contributed by atoms with Gasteiger partial charge in [0.05, 0.1) is 0 Å². The maximum Gasteiger partial charge on any atom is 0.0477 e. The van der Waals surface area contributed by atoms with Gasteiger partial charge >= 0.3 is 0 Å². The van der Waals surface area contributed by atoms with Crippen LogP contribution in [-0.4, -0.2) is 44.8 Å². The molecular formula is C16H28N2O. The molecule has 0 aliphatic carbocycles. The van der Waals surface area contributed by atoms with Gasteiger partial charge in [-0.05, 0) is 39.4 Å². The fourth-order valence-corrected chi connectivity index (χ4v) is 2.04. The van der Waals surface area contributed by atoms with Crippen LogP contribution in [0, 0.1) is 6.92 Å². The predicted octanol–water partition coefficient (Wildman–Crippen LogP) is 2.44. The van der Waals surface area contributed by atoms with Crippen molar-refractivity contribution in [3.8, 4) is 0 Å². The van der Waals surface area contributed by atoms with E-state index in [9.17, 15) is 0 Å². The molecule has 19 heavy (non-hydrogen) atoms. The van der Waals surface area contributed by atoms with Crippen LogP contribution in [-0.2, 0) is 11.3 Å². The van der Waals surface area contributed by atoms with Gasteiger partial charge in [0.15, 0.2) is 0 Å². The molecule has 0 bridgehead atoms. The van der Waals surface area contributed by atoms with Crippen LogP contribution in [0.2, 0.25) is 0 Å². The van der Waals surface area contributed by atoms with Crippen LogP contribution in [0.25, 0.3) is 0 Å². The Bertz CT molecular complexity index is 341. The summed E-state index contributed by atoms with van der Waals surface area (Å²) in [6, 6.07) is 8.72. The molecule has 0 amide bonds. The third-order valence-corrected chi connectivity index (χ3v) is 3.05. The molecule has 3 heteroatoms. The molecule has 0 heterocycles. The second-order valence-electron chi connectivity index (χ2n) is 5.03. The minimum Gasteiger partial charge on any atom is -0.382 e. The Morgan fingerprint density at radius 3 is 2.84 bits per heavy atom. The quantitative estimate of drug-likeness (QED) is 0.657. The second kappa shape index (κ2) is 9.96. The van der Waals surface area contributed by atoms with E-state index in [2.05, 4.69) is 48.5 Å². The van der Waals surface area contributed by atoms with Crippen molar-refractivity contribution in [1.29, 1.82) is 0 Å². The summed E-state index contributed by atoms with van der Waals surface area (Å²) < 4.78 is 5.30. The van der Waals surface area contributed by atoms with Crippen molar-refractivity contribution in [2.75, 3.05) is 39.9 Å². The number of rotatable bonds is 10. The minimum atomic E-state index is 0.819. The van der Waals surface area contributed by atoms with Crippen molar-refractivity contribution < 1.29 is 4.74 Å². The minimum absolute atomic E-state index is 0.819. The lowest BCUT2D eigenvalue weighted by molar-refractivity contribution is 0.144. The third-order valence-electron chi connectivity index (χ3n) is 3.05. The van der Waals surface area contributed by atoms with E-state index in [0.29, 0.717) is 0 Å². The number of likely N-dealkylation sites (N-methyl/N-ethyl adjacent to an activating group) is 1. The largest absolute Gasteiger partial charge is 0.382 e. The Kier molecular flexibility index (Phi) is 8.47. The lowest BCUT2D eigenvalue weighted by Crippen LogP contribution is -2.29. The molecule has 108 valence electrons. The van der Waals surface area contributed by atoms with Crippen LogP contribution >= 0.6 is 0 Å². The first-order valence-electron chi connectivity index (χ1n) is 7.25. The van der Waals surface area contributed by atoms with Gasteiger partial charge in [-0.3, -0.25) is 0 Å². The smallest absolute Gasteiger partial charge is 0.0477 e. The van der Waals surface area contributed by atoms with Crippen LogP contribution in [0.5, 0.6) is 0 Å². The molecule has 0 aliphatic heterocycles. The molecule has 0 aromatic heterocycles. The summed E-state index contributed by atoms with van der Waals surface area (Å²) in [4.78, 5) is 2.35. The summed E-state index contributed by atoms with van der Waals surface area (Å²) in [5, 5.41) is 3.45. The number of hydrogen-bond donors (Lipinski definition) is 1. The molecule has 0 saturated carbocycles. The molecule has 0 spiro atoms. The first kappa shape index (κ1) is 16.2. The molecule has 0 atom stereocenters. The normalized spacial score (nSPS) is 11.2. The molecule has 1 N–H and O–H groups in total. The van der Waals surface area contributed by atoms with Gasteiger partial charge in [0.1, 0.15) is 0 Å². The zero-order valence-electron chi connectivity index (χ0n) is 12.6. The van der Waals surface area contributed by atoms with Crippen molar-refractivity contribution in [1.82, 2.24) is 10.2 Å². The fourth-order valence-electron chi connectivity index (χ4n) is 2.04. The van der Waals surface area contributed by atoms with Crippen LogP contribution in [0.4, 0.5) is 0 Å². The highest BCUT2D eigenvalue weighted by atomic mass is 16.5. The van der Waals surface area contributed by atoms with Gasteiger partial charge in [-0.1, -0.05) is 29.8 Å². The van der Waals surface area contributed by atoms with E-state index in [4.69, 9.17) is 4.74 Å². The zero-order valence-corrected chi connectivity index (χ0v) is 12.6. The van der Waals surface area contributed by atoms with E-state index in [1.807, 2.05) is 6.92 Å². The third kappa shape index (κ3) is 7.98. The van der Waals surface area contributed by atoms with Crippen molar-refractivity contribution in [3.05, 3.63) is 35.4 Å². The number of ether oxygens (including phenoxy) is 1. The standard InChI is InChI=1S/C16H28N2O/c1-4-19-12-6-9-17-10-11-18(3)14-16-8-5-7-15(2)13-16/h5,7-8,13,17H,4,6,9-12,14H2,1-3H3. The lowest BCUT2D eigenvalue weighted by atomic mass is 10.1. The van der Waals surface area contributed by atoms with E-state index >= 15 is 0 Å². The van der Waals surface area contributed by atoms with Gasteiger partial charge in [-0.2, -0.15) is 0 Å². The summed E-state index contributed by atoms with van der Waals surface area (Å²) in [7, 11) is 2.17. The number of nitrogens with zero attached hydrogens (tertiary/aromatic N) is 1. The van der Waals surface area contributed by atoms with E-state index in [1.54, 1.807) is 0 Å². The Hall–Kier alpha value is -0.900. The van der Waals surface area contributed by atoms with Gasteiger partial charge in [0.2, 0.25) is 0 Å². The maximum absolute atomic E-state index is 5.30.